The van der Waals surface area contributed by atoms with Crippen molar-refractivity contribution < 1.29 is 19.4 Å². The van der Waals surface area contributed by atoms with Crippen LogP contribution in [0.1, 0.15) is 23.8 Å². The standard InChI is InChI=1S/C12H17ClN2O4/c1-3-4-15-6-8(13)5-10(15)11(16)14-9(7-19-2)12(17)18/h5-6,9H,3-4,7H2,1-2H3,(H,14,16)(H,17,18). The molecule has 1 aromatic heterocycles. The maximum Gasteiger partial charge on any atom is 0.328 e. The van der Waals surface area contributed by atoms with E-state index in [0.29, 0.717) is 17.3 Å². The van der Waals surface area contributed by atoms with Crippen molar-refractivity contribution in [2.45, 2.75) is 25.9 Å². The van der Waals surface area contributed by atoms with E-state index < -0.39 is 17.9 Å². The zero-order chi connectivity index (χ0) is 14.4. The molecular formula is C12H17ClN2O4. The fourth-order valence-corrected chi connectivity index (χ4v) is 1.89. The minimum atomic E-state index is -1.14. The third-order valence-electron chi connectivity index (χ3n) is 2.50. The number of amides is 1. The number of aliphatic carboxylic acids is 1. The normalized spacial score (nSPS) is 12.2. The lowest BCUT2D eigenvalue weighted by Gasteiger charge is -2.14. The molecule has 6 nitrogen and oxygen atoms in total. The van der Waals surface area contributed by atoms with Gasteiger partial charge in [-0.05, 0) is 12.5 Å². The predicted molar refractivity (Wildman–Crippen MR) is 70.5 cm³/mol. The van der Waals surface area contributed by atoms with Gasteiger partial charge in [0.25, 0.3) is 5.91 Å². The van der Waals surface area contributed by atoms with Crippen LogP contribution in [0.15, 0.2) is 12.3 Å². The molecule has 0 aromatic carbocycles. The van der Waals surface area contributed by atoms with Gasteiger partial charge in [-0.15, -0.1) is 0 Å². The first-order valence-electron chi connectivity index (χ1n) is 5.87. The van der Waals surface area contributed by atoms with Gasteiger partial charge in [-0.3, -0.25) is 4.79 Å². The lowest BCUT2D eigenvalue weighted by atomic mass is 10.3. The highest BCUT2D eigenvalue weighted by atomic mass is 35.5. The van der Waals surface area contributed by atoms with Gasteiger partial charge in [0.15, 0.2) is 6.04 Å². The van der Waals surface area contributed by atoms with E-state index in [1.807, 2.05) is 6.92 Å². The minimum absolute atomic E-state index is 0.0940. The van der Waals surface area contributed by atoms with Gasteiger partial charge in [0, 0.05) is 19.9 Å². The molecule has 106 valence electrons. The van der Waals surface area contributed by atoms with E-state index in [2.05, 4.69) is 5.32 Å². The van der Waals surface area contributed by atoms with Crippen LogP contribution < -0.4 is 5.32 Å². The quantitative estimate of drug-likeness (QED) is 0.794. The van der Waals surface area contributed by atoms with E-state index in [9.17, 15) is 9.59 Å². The molecule has 0 aliphatic carbocycles. The van der Waals surface area contributed by atoms with Crippen LogP contribution in [0.4, 0.5) is 0 Å². The zero-order valence-corrected chi connectivity index (χ0v) is 11.6. The molecular weight excluding hydrogens is 272 g/mol. The Morgan fingerprint density at radius 1 is 1.58 bits per heavy atom. The summed E-state index contributed by atoms with van der Waals surface area (Å²) in [6, 6.07) is 0.430. The third kappa shape index (κ3) is 4.25. The van der Waals surface area contributed by atoms with Crippen LogP contribution in [0.3, 0.4) is 0 Å². The number of carbonyl (C=O) groups is 2. The Hall–Kier alpha value is -1.53. The summed E-state index contributed by atoms with van der Waals surface area (Å²) in [5.41, 5.74) is 0.342. The lowest BCUT2D eigenvalue weighted by Crippen LogP contribution is -2.44. The number of aromatic nitrogens is 1. The van der Waals surface area contributed by atoms with E-state index >= 15 is 0 Å². The second-order valence-corrected chi connectivity index (χ2v) is 4.49. The Labute approximate surface area is 116 Å². The predicted octanol–water partition coefficient (Wildman–Crippen LogP) is 1.38. The van der Waals surface area contributed by atoms with Gasteiger partial charge in [-0.1, -0.05) is 18.5 Å². The van der Waals surface area contributed by atoms with Crippen molar-refractivity contribution in [3.8, 4) is 0 Å². The molecule has 0 radical (unpaired) electrons. The summed E-state index contributed by atoms with van der Waals surface area (Å²) >= 11 is 5.86. The van der Waals surface area contributed by atoms with Crippen LogP contribution in [0.25, 0.3) is 0 Å². The summed E-state index contributed by atoms with van der Waals surface area (Å²) < 4.78 is 6.45. The average molecular weight is 289 g/mol. The molecule has 0 saturated heterocycles. The van der Waals surface area contributed by atoms with E-state index in [1.165, 1.54) is 13.2 Å². The van der Waals surface area contributed by atoms with Crippen LogP contribution in [-0.4, -0.2) is 41.3 Å². The molecule has 0 saturated carbocycles. The highest BCUT2D eigenvalue weighted by molar-refractivity contribution is 6.31. The fraction of sp³-hybridized carbons (Fsp3) is 0.500. The molecule has 0 aliphatic heterocycles. The molecule has 0 fully saturated rings. The Balaban J connectivity index is 2.84. The number of carbonyl (C=O) groups excluding carboxylic acids is 1. The average Bonchev–Trinajstić information content (AvgIpc) is 2.70. The fourth-order valence-electron chi connectivity index (χ4n) is 1.66. The number of hydrogen-bond acceptors (Lipinski definition) is 3. The molecule has 1 heterocycles. The lowest BCUT2D eigenvalue weighted by molar-refractivity contribution is -0.140. The number of rotatable bonds is 7. The number of carboxylic acid groups (broad SMARTS) is 1. The maximum absolute atomic E-state index is 12.0. The Kier molecular flexibility index (Phi) is 5.85. The summed E-state index contributed by atoms with van der Waals surface area (Å²) in [6.45, 7) is 2.52. The summed E-state index contributed by atoms with van der Waals surface area (Å²) in [5.74, 6) is -1.63. The van der Waals surface area contributed by atoms with Crippen molar-refractivity contribution in [1.29, 1.82) is 0 Å². The molecule has 1 amide bonds. The SMILES string of the molecule is CCCn1cc(Cl)cc1C(=O)NC(COC)C(=O)O. The number of nitrogens with one attached hydrogen (secondary N) is 1. The number of nitrogens with zero attached hydrogens (tertiary/aromatic N) is 1. The van der Waals surface area contributed by atoms with Crippen LogP contribution >= 0.6 is 11.6 Å². The summed E-state index contributed by atoms with van der Waals surface area (Å²) in [5, 5.41) is 11.8. The van der Waals surface area contributed by atoms with E-state index in [0.717, 1.165) is 6.42 Å². The number of aryl methyl sites for hydroxylation is 1. The number of ether oxygens (including phenoxy) is 1. The molecule has 7 heteroatoms. The highest BCUT2D eigenvalue weighted by Gasteiger charge is 2.22. The first-order chi connectivity index (χ1) is 8.99. The van der Waals surface area contributed by atoms with Crippen molar-refractivity contribution in [2.24, 2.45) is 0 Å². The highest BCUT2D eigenvalue weighted by Crippen LogP contribution is 2.15. The van der Waals surface area contributed by atoms with E-state index in [1.54, 1.807) is 10.8 Å². The molecule has 1 atom stereocenters. The third-order valence-corrected chi connectivity index (χ3v) is 2.70. The first kappa shape index (κ1) is 15.5. The molecule has 19 heavy (non-hydrogen) atoms. The first-order valence-corrected chi connectivity index (χ1v) is 6.25. The van der Waals surface area contributed by atoms with Crippen molar-refractivity contribution in [2.75, 3.05) is 13.7 Å². The van der Waals surface area contributed by atoms with Crippen molar-refractivity contribution >= 4 is 23.5 Å². The molecule has 2 N–H and O–H groups in total. The smallest absolute Gasteiger partial charge is 0.328 e. The van der Waals surface area contributed by atoms with Crippen LogP contribution in [-0.2, 0) is 16.1 Å². The van der Waals surface area contributed by atoms with Gasteiger partial charge in [-0.25, -0.2) is 4.79 Å². The van der Waals surface area contributed by atoms with Gasteiger partial charge in [0.05, 0.1) is 11.6 Å². The Morgan fingerprint density at radius 2 is 2.26 bits per heavy atom. The monoisotopic (exact) mass is 288 g/mol. The summed E-state index contributed by atoms with van der Waals surface area (Å²) in [4.78, 5) is 23.0. The number of carboxylic acids is 1. The van der Waals surface area contributed by atoms with Gasteiger partial charge < -0.3 is 19.7 Å². The molecule has 0 spiro atoms. The summed E-state index contributed by atoms with van der Waals surface area (Å²) in [6.07, 6.45) is 2.48. The van der Waals surface area contributed by atoms with Crippen molar-refractivity contribution in [3.63, 3.8) is 0 Å². The van der Waals surface area contributed by atoms with Crippen LogP contribution in [0.2, 0.25) is 5.02 Å². The van der Waals surface area contributed by atoms with Gasteiger partial charge in [0.1, 0.15) is 5.69 Å². The number of methoxy groups -OCH3 is 1. The number of halogens is 1. The van der Waals surface area contributed by atoms with E-state index in [4.69, 9.17) is 21.4 Å². The van der Waals surface area contributed by atoms with Crippen molar-refractivity contribution in [1.82, 2.24) is 9.88 Å². The van der Waals surface area contributed by atoms with Crippen LogP contribution in [0.5, 0.6) is 0 Å². The zero-order valence-electron chi connectivity index (χ0n) is 10.9. The molecule has 0 aliphatic rings. The topological polar surface area (TPSA) is 80.6 Å². The molecule has 1 rings (SSSR count). The van der Waals surface area contributed by atoms with Crippen molar-refractivity contribution in [3.05, 3.63) is 23.0 Å². The van der Waals surface area contributed by atoms with Gasteiger partial charge in [0.2, 0.25) is 0 Å². The van der Waals surface area contributed by atoms with Crippen LogP contribution in [0, 0.1) is 0 Å². The Morgan fingerprint density at radius 3 is 2.79 bits per heavy atom. The second-order valence-electron chi connectivity index (χ2n) is 4.06. The van der Waals surface area contributed by atoms with E-state index in [-0.39, 0.29) is 6.61 Å². The second kappa shape index (κ2) is 7.16. The molecule has 0 bridgehead atoms. The Bertz CT molecular complexity index is 459. The largest absolute Gasteiger partial charge is 0.480 e. The minimum Gasteiger partial charge on any atom is -0.480 e. The molecule has 1 aromatic rings. The maximum atomic E-state index is 12.0. The molecule has 1 unspecified atom stereocenters. The van der Waals surface area contributed by atoms with Gasteiger partial charge >= 0.3 is 5.97 Å². The summed E-state index contributed by atoms with van der Waals surface area (Å²) in [7, 11) is 1.37. The number of hydrogen-bond donors (Lipinski definition) is 2. The van der Waals surface area contributed by atoms with Gasteiger partial charge in [-0.2, -0.15) is 0 Å².